The fraction of sp³-hybridized carbons (Fsp3) is 0.143. The monoisotopic (exact) mass is 243 g/mol. The molecule has 0 heterocycles. The normalized spacial score (nSPS) is 15.4. The van der Waals surface area contributed by atoms with Gasteiger partial charge >= 0.3 is 0 Å². The number of hydrogen-bond donors (Lipinski definition) is 0. The van der Waals surface area contributed by atoms with Crippen molar-refractivity contribution in [2.45, 2.75) is 5.92 Å². The average Bonchev–Trinajstić information content (AvgIpc) is 2.65. The van der Waals surface area contributed by atoms with Crippen LogP contribution in [0, 0.1) is 0 Å². The Morgan fingerprint density at radius 2 is 1.41 bits per heavy atom. The van der Waals surface area contributed by atoms with Crippen molar-refractivity contribution in [1.82, 2.24) is 0 Å². The van der Waals surface area contributed by atoms with Crippen molar-refractivity contribution in [3.8, 4) is 11.1 Å². The van der Waals surface area contributed by atoms with Gasteiger partial charge in [0, 0.05) is 11.7 Å². The van der Waals surface area contributed by atoms with Gasteiger partial charge in [-0.25, -0.2) is 0 Å². The molecule has 0 bridgehead atoms. The highest BCUT2D eigenvalue weighted by Gasteiger charge is 2.27. The predicted octanol–water partition coefficient (Wildman–Crippen LogP) is 2.68. The van der Waals surface area contributed by atoms with Crippen molar-refractivity contribution < 1.29 is 8.76 Å². The number of fused-ring (bicyclic) bond motifs is 3. The lowest BCUT2D eigenvalue weighted by Crippen LogP contribution is -2.07. The predicted molar refractivity (Wildman–Crippen MR) is 67.5 cm³/mol. The summed E-state index contributed by atoms with van der Waals surface area (Å²) in [6.07, 6.45) is 0. The van der Waals surface area contributed by atoms with Crippen LogP contribution in [0.4, 0.5) is 0 Å². The maximum atomic E-state index is 11.0. The maximum Gasteiger partial charge on any atom is 0.0212 e. The van der Waals surface area contributed by atoms with E-state index in [0.717, 1.165) is 11.1 Å². The molecule has 0 saturated heterocycles. The molecule has 1 unspecified atom stereocenters. The van der Waals surface area contributed by atoms with Gasteiger partial charge in [0.15, 0.2) is 0 Å². The summed E-state index contributed by atoms with van der Waals surface area (Å²) in [7, 11) is 0. The van der Waals surface area contributed by atoms with Crippen molar-refractivity contribution in [2.24, 2.45) is 0 Å². The first-order valence-corrected chi connectivity index (χ1v) is 6.76. The first kappa shape index (κ1) is 10.7. The Kier molecular flexibility index (Phi) is 2.57. The molecule has 2 aromatic carbocycles. The van der Waals surface area contributed by atoms with E-state index in [9.17, 15) is 8.76 Å². The highest BCUT2D eigenvalue weighted by molar-refractivity contribution is 7.79. The van der Waals surface area contributed by atoms with Gasteiger partial charge in [0.2, 0.25) is 0 Å². The van der Waals surface area contributed by atoms with Crippen molar-refractivity contribution in [3.05, 3.63) is 59.7 Å². The molecule has 0 fully saturated rings. The Labute approximate surface area is 103 Å². The van der Waals surface area contributed by atoms with Crippen molar-refractivity contribution in [2.75, 3.05) is 5.75 Å². The lowest BCUT2D eigenvalue weighted by atomic mass is 9.99. The molecule has 3 heteroatoms. The zero-order valence-corrected chi connectivity index (χ0v) is 9.94. The molecule has 2 aromatic rings. The van der Waals surface area contributed by atoms with Crippen LogP contribution >= 0.6 is 0 Å². The van der Waals surface area contributed by atoms with E-state index in [1.807, 2.05) is 36.4 Å². The smallest absolute Gasteiger partial charge is 0.0212 e. The van der Waals surface area contributed by atoms with E-state index >= 15 is 0 Å². The van der Waals surface area contributed by atoms with E-state index in [0.29, 0.717) is 0 Å². The standard InChI is InChI=1S/C14H12O2S/c15-17(16)9-14-12-7-3-1-5-10(12)11-6-2-4-8-13(11)14/h1-8,14H,9H2,(H,15,16)/p-1. The SMILES string of the molecule is O=S([O-])CC1c2ccccc2-c2ccccc21. The van der Waals surface area contributed by atoms with E-state index in [2.05, 4.69) is 12.1 Å². The van der Waals surface area contributed by atoms with Crippen molar-refractivity contribution in [3.63, 3.8) is 0 Å². The third-order valence-electron chi connectivity index (χ3n) is 3.27. The van der Waals surface area contributed by atoms with Crippen molar-refractivity contribution >= 4 is 11.1 Å². The molecule has 17 heavy (non-hydrogen) atoms. The van der Waals surface area contributed by atoms with E-state index < -0.39 is 11.1 Å². The minimum absolute atomic E-state index is 0.0132. The summed E-state index contributed by atoms with van der Waals surface area (Å²) in [5, 5.41) is 0. The second-order valence-corrected chi connectivity index (χ2v) is 5.14. The van der Waals surface area contributed by atoms with Crippen LogP contribution in [-0.2, 0) is 11.1 Å². The zero-order valence-electron chi connectivity index (χ0n) is 9.13. The lowest BCUT2D eigenvalue weighted by Gasteiger charge is -2.15. The summed E-state index contributed by atoms with van der Waals surface area (Å²) >= 11 is -2.02. The molecule has 1 aliphatic carbocycles. The van der Waals surface area contributed by atoms with Crippen LogP contribution in [0.1, 0.15) is 17.0 Å². The second kappa shape index (κ2) is 4.09. The number of benzene rings is 2. The molecule has 0 aliphatic heterocycles. The molecule has 0 N–H and O–H groups in total. The fourth-order valence-electron chi connectivity index (χ4n) is 2.58. The Morgan fingerprint density at radius 1 is 0.941 bits per heavy atom. The summed E-state index contributed by atoms with van der Waals surface area (Å²) in [4.78, 5) is 0. The molecule has 0 aromatic heterocycles. The summed E-state index contributed by atoms with van der Waals surface area (Å²) in [5.41, 5.74) is 4.58. The molecule has 0 amide bonds. The molecule has 1 aliphatic rings. The molecule has 0 saturated carbocycles. The first-order chi connectivity index (χ1) is 8.27. The van der Waals surface area contributed by atoms with Crippen LogP contribution in [-0.4, -0.2) is 14.5 Å². The molecule has 0 radical (unpaired) electrons. The summed E-state index contributed by atoms with van der Waals surface area (Å²) in [6, 6.07) is 16.1. The van der Waals surface area contributed by atoms with Gasteiger partial charge in [0.1, 0.15) is 0 Å². The van der Waals surface area contributed by atoms with Gasteiger partial charge in [-0.15, -0.1) is 0 Å². The van der Waals surface area contributed by atoms with Gasteiger partial charge < -0.3 is 4.55 Å². The summed E-state index contributed by atoms with van der Waals surface area (Å²) in [5.74, 6) is 0.148. The maximum absolute atomic E-state index is 11.0. The second-order valence-electron chi connectivity index (χ2n) is 4.20. The molecular weight excluding hydrogens is 232 g/mol. The van der Waals surface area contributed by atoms with Crippen LogP contribution in [0.5, 0.6) is 0 Å². The van der Waals surface area contributed by atoms with Gasteiger partial charge in [-0.2, -0.15) is 0 Å². The van der Waals surface area contributed by atoms with Gasteiger partial charge in [-0.3, -0.25) is 4.21 Å². The van der Waals surface area contributed by atoms with Crippen molar-refractivity contribution in [1.29, 1.82) is 0 Å². The van der Waals surface area contributed by atoms with Crippen LogP contribution < -0.4 is 0 Å². The largest absolute Gasteiger partial charge is 0.772 e. The van der Waals surface area contributed by atoms with Gasteiger partial charge in [-0.1, -0.05) is 59.6 Å². The topological polar surface area (TPSA) is 40.1 Å². The number of rotatable bonds is 2. The third-order valence-corrected chi connectivity index (χ3v) is 3.87. The zero-order chi connectivity index (χ0) is 11.8. The fourth-order valence-corrected chi connectivity index (χ4v) is 3.21. The van der Waals surface area contributed by atoms with E-state index in [4.69, 9.17) is 0 Å². The molecular formula is C14H11O2S-. The number of hydrogen-bond acceptors (Lipinski definition) is 2. The molecule has 1 atom stereocenters. The van der Waals surface area contributed by atoms with Gasteiger partial charge in [0.05, 0.1) is 0 Å². The Morgan fingerprint density at radius 3 is 1.88 bits per heavy atom. The van der Waals surface area contributed by atoms with Gasteiger partial charge in [-0.05, 0) is 22.3 Å². The molecule has 0 spiro atoms. The van der Waals surface area contributed by atoms with E-state index in [1.54, 1.807) is 0 Å². The van der Waals surface area contributed by atoms with E-state index in [-0.39, 0.29) is 11.7 Å². The van der Waals surface area contributed by atoms with Gasteiger partial charge in [0.25, 0.3) is 0 Å². The Hall–Kier alpha value is -1.45. The minimum Gasteiger partial charge on any atom is -0.772 e. The molecule has 3 rings (SSSR count). The third kappa shape index (κ3) is 1.72. The molecule has 2 nitrogen and oxygen atoms in total. The van der Waals surface area contributed by atoms with Crippen LogP contribution in [0.2, 0.25) is 0 Å². The first-order valence-electron chi connectivity index (χ1n) is 5.51. The van der Waals surface area contributed by atoms with Crippen LogP contribution in [0.25, 0.3) is 11.1 Å². The molecule has 86 valence electrons. The Bertz CT molecular complexity index is 547. The quantitative estimate of drug-likeness (QED) is 0.761. The summed E-state index contributed by atoms with van der Waals surface area (Å²) < 4.78 is 21.9. The average molecular weight is 243 g/mol. The highest BCUT2D eigenvalue weighted by Crippen LogP contribution is 2.44. The Balaban J connectivity index is 2.20. The minimum atomic E-state index is -2.02. The van der Waals surface area contributed by atoms with Crippen LogP contribution in [0.3, 0.4) is 0 Å². The lowest BCUT2D eigenvalue weighted by molar-refractivity contribution is 0.534. The van der Waals surface area contributed by atoms with E-state index in [1.165, 1.54) is 11.1 Å². The summed E-state index contributed by atoms with van der Waals surface area (Å²) in [6.45, 7) is 0. The van der Waals surface area contributed by atoms with Crippen LogP contribution in [0.15, 0.2) is 48.5 Å². The highest BCUT2D eigenvalue weighted by atomic mass is 32.2.